The summed E-state index contributed by atoms with van der Waals surface area (Å²) in [6, 6.07) is 27.0. The Morgan fingerprint density at radius 1 is 0.889 bits per heavy atom. The van der Waals surface area contributed by atoms with E-state index in [4.69, 9.17) is 10.6 Å². The van der Waals surface area contributed by atoms with E-state index in [2.05, 4.69) is 21.1 Å². The van der Waals surface area contributed by atoms with Crippen LogP contribution in [0.2, 0.25) is 0 Å². The average Bonchev–Trinajstić information content (AvgIpc) is 2.72. The fourth-order valence-electron chi connectivity index (χ4n) is 2.78. The van der Waals surface area contributed by atoms with Crippen LogP contribution in [0.4, 0.5) is 0 Å². The van der Waals surface area contributed by atoms with E-state index in [1.807, 2.05) is 72.8 Å². The number of rotatable bonds is 6. The second-order valence-electron chi connectivity index (χ2n) is 6.02. The third kappa shape index (κ3) is 5.28. The van der Waals surface area contributed by atoms with Crippen LogP contribution in [0.3, 0.4) is 0 Å². The van der Waals surface area contributed by atoms with Crippen LogP contribution in [0.15, 0.2) is 94.6 Å². The maximum Gasteiger partial charge on any atom is 0.336 e. The Kier molecular flexibility index (Phi) is 6.39. The Labute approximate surface area is 166 Å². The highest BCUT2D eigenvalue weighted by Crippen LogP contribution is 2.28. The smallest absolute Gasteiger partial charge is 0.336 e. The summed E-state index contributed by atoms with van der Waals surface area (Å²) >= 11 is 3.36. The number of oxime groups is 1. The molecule has 27 heavy (non-hydrogen) atoms. The van der Waals surface area contributed by atoms with Crippen LogP contribution in [-0.2, 0) is 9.63 Å². The third-order valence-electron chi connectivity index (χ3n) is 4.16. The van der Waals surface area contributed by atoms with Gasteiger partial charge in [-0.05, 0) is 23.3 Å². The van der Waals surface area contributed by atoms with E-state index in [1.54, 1.807) is 12.1 Å². The van der Waals surface area contributed by atoms with Crippen molar-refractivity contribution in [1.29, 1.82) is 0 Å². The van der Waals surface area contributed by atoms with Crippen LogP contribution >= 0.6 is 15.9 Å². The molecule has 0 aromatic heterocycles. The molecule has 3 rings (SSSR count). The fraction of sp³-hybridized carbons (Fsp3) is 0.0909. The van der Waals surface area contributed by atoms with Gasteiger partial charge < -0.3 is 10.6 Å². The summed E-state index contributed by atoms with van der Waals surface area (Å²) in [7, 11) is 0. The van der Waals surface area contributed by atoms with Gasteiger partial charge in [0.05, 0.1) is 6.42 Å². The van der Waals surface area contributed by atoms with Gasteiger partial charge in [-0.2, -0.15) is 0 Å². The second kappa shape index (κ2) is 9.14. The Hall–Kier alpha value is -2.92. The number of hydrogen-bond acceptors (Lipinski definition) is 3. The minimum absolute atomic E-state index is 0.107. The van der Waals surface area contributed by atoms with Gasteiger partial charge in [0.25, 0.3) is 0 Å². The Bertz CT molecular complexity index is 871. The topological polar surface area (TPSA) is 64.7 Å². The van der Waals surface area contributed by atoms with Crippen molar-refractivity contribution in [3.05, 3.63) is 106 Å². The van der Waals surface area contributed by atoms with Gasteiger partial charge in [-0.15, -0.1) is 0 Å². The Balaban J connectivity index is 1.73. The summed E-state index contributed by atoms with van der Waals surface area (Å²) in [5, 5.41) is 3.79. The molecule has 0 saturated heterocycles. The highest BCUT2D eigenvalue weighted by atomic mass is 79.9. The summed E-state index contributed by atoms with van der Waals surface area (Å²) in [6.45, 7) is 0. The number of nitrogens with two attached hydrogens (primary N) is 1. The van der Waals surface area contributed by atoms with Crippen LogP contribution in [0.5, 0.6) is 0 Å². The first-order valence-corrected chi connectivity index (χ1v) is 9.32. The summed E-state index contributed by atoms with van der Waals surface area (Å²) in [6.07, 6.45) is 0.172. The number of hydrogen-bond donors (Lipinski definition) is 1. The average molecular weight is 423 g/mol. The number of carbonyl (C=O) groups excluding carboxylic acids is 1. The molecule has 5 heteroatoms. The summed E-state index contributed by atoms with van der Waals surface area (Å²) < 4.78 is 0.935. The largest absolute Gasteiger partial charge is 0.380 e. The molecule has 0 heterocycles. The van der Waals surface area contributed by atoms with E-state index in [0.717, 1.165) is 15.6 Å². The van der Waals surface area contributed by atoms with Crippen molar-refractivity contribution in [3.63, 3.8) is 0 Å². The van der Waals surface area contributed by atoms with Crippen LogP contribution < -0.4 is 5.73 Å². The molecular formula is C22H19BrN2O2. The number of nitrogens with zero attached hydrogens (tertiary/aromatic N) is 1. The van der Waals surface area contributed by atoms with Gasteiger partial charge in [0, 0.05) is 16.0 Å². The first kappa shape index (κ1) is 18.9. The highest BCUT2D eigenvalue weighted by Gasteiger charge is 2.19. The number of carbonyl (C=O) groups is 1. The lowest BCUT2D eigenvalue weighted by Gasteiger charge is -2.16. The van der Waals surface area contributed by atoms with Crippen LogP contribution in [0.25, 0.3) is 0 Å². The summed E-state index contributed by atoms with van der Waals surface area (Å²) in [5.41, 5.74) is 8.69. The number of amidine groups is 1. The molecule has 3 aromatic rings. The van der Waals surface area contributed by atoms with E-state index in [-0.39, 0.29) is 18.2 Å². The maximum atomic E-state index is 12.4. The lowest BCUT2D eigenvalue weighted by molar-refractivity contribution is -0.143. The van der Waals surface area contributed by atoms with Crippen molar-refractivity contribution in [3.8, 4) is 0 Å². The zero-order valence-electron chi connectivity index (χ0n) is 14.6. The highest BCUT2D eigenvalue weighted by molar-refractivity contribution is 9.10. The summed E-state index contributed by atoms with van der Waals surface area (Å²) in [5.74, 6) is -0.386. The van der Waals surface area contributed by atoms with Crippen LogP contribution in [-0.4, -0.2) is 11.8 Å². The number of halogens is 1. The van der Waals surface area contributed by atoms with Gasteiger partial charge in [-0.1, -0.05) is 93.9 Å². The van der Waals surface area contributed by atoms with Crippen molar-refractivity contribution in [2.75, 3.05) is 0 Å². The monoisotopic (exact) mass is 422 g/mol. The van der Waals surface area contributed by atoms with Crippen molar-refractivity contribution >= 4 is 27.7 Å². The molecule has 0 bridgehead atoms. The standard InChI is InChI=1S/C22H19BrN2O2/c23-19-13-11-18(12-14-19)22(24)25-27-21(26)15-20(16-7-3-1-4-8-16)17-9-5-2-6-10-17/h1-14,20H,15H2,(H2,24,25). The normalized spacial score (nSPS) is 11.4. The van der Waals surface area contributed by atoms with Gasteiger partial charge in [-0.25, -0.2) is 4.79 Å². The Morgan fingerprint density at radius 3 is 1.93 bits per heavy atom. The predicted octanol–water partition coefficient (Wildman–Crippen LogP) is 4.83. The van der Waals surface area contributed by atoms with E-state index in [1.165, 1.54) is 0 Å². The maximum absolute atomic E-state index is 12.4. The molecule has 0 radical (unpaired) electrons. The Morgan fingerprint density at radius 2 is 1.41 bits per heavy atom. The van der Waals surface area contributed by atoms with Crippen molar-refractivity contribution in [2.45, 2.75) is 12.3 Å². The molecule has 0 aliphatic carbocycles. The molecule has 0 amide bonds. The molecule has 0 aliphatic rings. The van der Waals surface area contributed by atoms with Crippen molar-refractivity contribution < 1.29 is 9.63 Å². The molecule has 0 spiro atoms. The third-order valence-corrected chi connectivity index (χ3v) is 4.69. The van der Waals surface area contributed by atoms with Gasteiger partial charge in [0.15, 0.2) is 5.84 Å². The minimum Gasteiger partial charge on any atom is -0.380 e. The van der Waals surface area contributed by atoms with E-state index in [9.17, 15) is 4.79 Å². The lowest BCUT2D eigenvalue weighted by atomic mass is 9.89. The molecular weight excluding hydrogens is 404 g/mol. The fourth-order valence-corrected chi connectivity index (χ4v) is 3.04. The van der Waals surface area contributed by atoms with Gasteiger partial charge in [0.2, 0.25) is 0 Å². The summed E-state index contributed by atoms with van der Waals surface area (Å²) in [4.78, 5) is 17.5. The van der Waals surface area contributed by atoms with Gasteiger partial charge in [0.1, 0.15) is 0 Å². The van der Waals surface area contributed by atoms with Gasteiger partial charge in [-0.3, -0.25) is 0 Å². The zero-order valence-corrected chi connectivity index (χ0v) is 16.2. The molecule has 0 aliphatic heterocycles. The van der Waals surface area contributed by atoms with Crippen LogP contribution in [0, 0.1) is 0 Å². The molecule has 136 valence electrons. The van der Waals surface area contributed by atoms with Crippen molar-refractivity contribution in [1.82, 2.24) is 0 Å². The molecule has 0 atom stereocenters. The molecule has 0 unspecified atom stereocenters. The first-order valence-electron chi connectivity index (χ1n) is 8.52. The van der Waals surface area contributed by atoms with Crippen molar-refractivity contribution in [2.24, 2.45) is 10.9 Å². The quantitative estimate of drug-likeness (QED) is 0.267. The predicted molar refractivity (Wildman–Crippen MR) is 110 cm³/mol. The molecule has 0 fully saturated rings. The minimum atomic E-state index is -0.437. The van der Waals surface area contributed by atoms with Gasteiger partial charge >= 0.3 is 5.97 Å². The lowest BCUT2D eigenvalue weighted by Crippen LogP contribution is -2.16. The molecule has 2 N–H and O–H groups in total. The zero-order chi connectivity index (χ0) is 19.1. The molecule has 0 saturated carbocycles. The SMILES string of the molecule is NC(=NOC(=O)CC(c1ccccc1)c1ccccc1)c1ccc(Br)cc1. The molecule has 4 nitrogen and oxygen atoms in total. The van der Waals surface area contributed by atoms with Crippen LogP contribution in [0.1, 0.15) is 29.0 Å². The molecule has 3 aromatic carbocycles. The second-order valence-corrected chi connectivity index (χ2v) is 6.94. The van der Waals surface area contributed by atoms with E-state index >= 15 is 0 Å². The number of benzene rings is 3. The van der Waals surface area contributed by atoms with E-state index < -0.39 is 5.97 Å². The van der Waals surface area contributed by atoms with E-state index in [0.29, 0.717) is 5.56 Å². The first-order chi connectivity index (χ1) is 13.1.